The number of anilines is 1. The Morgan fingerprint density at radius 3 is 2.11 bits per heavy atom. The van der Waals surface area contributed by atoms with E-state index in [0.29, 0.717) is 5.69 Å². The van der Waals surface area contributed by atoms with Crippen molar-refractivity contribution in [1.29, 1.82) is 0 Å². The summed E-state index contributed by atoms with van der Waals surface area (Å²) in [5.74, 6) is -0.967. The zero-order chi connectivity index (χ0) is 26.6. The molecule has 0 radical (unpaired) electrons. The van der Waals surface area contributed by atoms with Crippen LogP contribution in [0.25, 0.3) is 0 Å². The summed E-state index contributed by atoms with van der Waals surface area (Å²) in [6.45, 7) is 9.72. The number of rotatable bonds is 7. The maximum atomic E-state index is 14.9. The first-order valence-electron chi connectivity index (χ1n) is 12.7. The van der Waals surface area contributed by atoms with Crippen LogP contribution in [0.3, 0.4) is 0 Å². The van der Waals surface area contributed by atoms with Gasteiger partial charge in [-0.1, -0.05) is 31.2 Å². The van der Waals surface area contributed by atoms with Crippen molar-refractivity contribution in [3.05, 3.63) is 65.0 Å². The molecule has 0 aliphatic carbocycles. The molecule has 0 N–H and O–H groups in total. The van der Waals surface area contributed by atoms with Gasteiger partial charge in [-0.15, -0.1) is 0 Å². The molecule has 2 saturated heterocycles. The Balaban J connectivity index is 1.53. The smallest absolute Gasteiger partial charge is 0.322 e. The van der Waals surface area contributed by atoms with Crippen molar-refractivity contribution in [2.24, 2.45) is 0 Å². The first-order valence-corrected chi connectivity index (χ1v) is 14.6. The Labute approximate surface area is 218 Å². The summed E-state index contributed by atoms with van der Waals surface area (Å²) in [5, 5.41) is 0. The quantitative estimate of drug-likeness (QED) is 0.512. The number of halogens is 1. The first-order chi connectivity index (χ1) is 17.6. The molecule has 37 heavy (non-hydrogen) atoms. The second-order valence-electron chi connectivity index (χ2n) is 9.75. The molecule has 0 aromatic heterocycles. The van der Waals surface area contributed by atoms with E-state index in [9.17, 15) is 22.4 Å². The number of hydrogen-bond donors (Lipinski definition) is 0. The topological polar surface area (TPSA) is 81.2 Å². The molecular weight excluding hydrogens is 495 g/mol. The largest absolute Gasteiger partial charge is 0.324 e. The molecule has 0 atom stereocenters. The van der Waals surface area contributed by atoms with Crippen LogP contribution in [0.15, 0.2) is 42.5 Å². The summed E-state index contributed by atoms with van der Waals surface area (Å²) >= 11 is 0. The number of ketones is 1. The summed E-state index contributed by atoms with van der Waals surface area (Å²) in [4.78, 5) is 33.0. The van der Waals surface area contributed by atoms with Crippen LogP contribution in [-0.2, 0) is 22.9 Å². The lowest BCUT2D eigenvalue weighted by Crippen LogP contribution is -2.49. The van der Waals surface area contributed by atoms with E-state index >= 15 is 0 Å². The summed E-state index contributed by atoms with van der Waals surface area (Å²) in [7, 11) is -3.16. The first kappa shape index (κ1) is 27.2. The van der Waals surface area contributed by atoms with Crippen LogP contribution >= 0.6 is 0 Å². The van der Waals surface area contributed by atoms with Crippen molar-refractivity contribution < 1.29 is 22.4 Å². The zero-order valence-corrected chi connectivity index (χ0v) is 22.3. The number of sulfone groups is 1. The summed E-state index contributed by atoms with van der Waals surface area (Å²) in [6, 6.07) is 11.6. The van der Waals surface area contributed by atoms with E-state index in [1.165, 1.54) is 28.9 Å². The monoisotopic (exact) mass is 530 g/mol. The average molecular weight is 531 g/mol. The molecule has 10 heteroatoms. The minimum Gasteiger partial charge on any atom is -0.322 e. The Kier molecular flexibility index (Phi) is 8.61. The van der Waals surface area contributed by atoms with E-state index in [2.05, 4.69) is 16.7 Å². The normalized spacial score (nSPS) is 18.5. The number of piperazine rings is 1. The highest BCUT2D eigenvalue weighted by Crippen LogP contribution is 2.24. The van der Waals surface area contributed by atoms with Gasteiger partial charge in [-0.3, -0.25) is 14.6 Å². The van der Waals surface area contributed by atoms with E-state index in [-0.39, 0.29) is 54.1 Å². The minimum atomic E-state index is -3.16. The van der Waals surface area contributed by atoms with Crippen molar-refractivity contribution >= 4 is 27.3 Å². The highest BCUT2D eigenvalue weighted by Gasteiger charge is 2.29. The van der Waals surface area contributed by atoms with Crippen LogP contribution in [0, 0.1) is 5.82 Å². The van der Waals surface area contributed by atoms with Gasteiger partial charge < -0.3 is 9.80 Å². The molecule has 2 amide bonds. The molecule has 2 fully saturated rings. The maximum Gasteiger partial charge on any atom is 0.324 e. The van der Waals surface area contributed by atoms with Crippen LogP contribution in [-0.4, -0.2) is 92.3 Å². The average Bonchev–Trinajstić information content (AvgIpc) is 2.88. The second kappa shape index (κ2) is 11.7. The Morgan fingerprint density at radius 1 is 0.919 bits per heavy atom. The summed E-state index contributed by atoms with van der Waals surface area (Å²) in [5.41, 5.74) is 2.28. The van der Waals surface area contributed by atoms with Crippen LogP contribution in [0.5, 0.6) is 0 Å². The van der Waals surface area contributed by atoms with Gasteiger partial charge in [0.1, 0.15) is 5.82 Å². The molecule has 2 aromatic carbocycles. The van der Waals surface area contributed by atoms with Gasteiger partial charge in [-0.25, -0.2) is 17.6 Å². The van der Waals surface area contributed by atoms with E-state index < -0.39 is 15.7 Å². The van der Waals surface area contributed by atoms with Crippen molar-refractivity contribution in [3.63, 3.8) is 0 Å². The van der Waals surface area contributed by atoms with Gasteiger partial charge in [-0.2, -0.15) is 0 Å². The number of benzene rings is 2. The number of carbonyl (C=O) groups excluding carboxylic acids is 2. The van der Waals surface area contributed by atoms with Crippen molar-refractivity contribution in [1.82, 2.24) is 14.7 Å². The lowest BCUT2D eigenvalue weighted by Gasteiger charge is -2.34. The fourth-order valence-electron chi connectivity index (χ4n) is 4.71. The van der Waals surface area contributed by atoms with E-state index in [1.807, 2.05) is 24.3 Å². The number of urea groups is 1. The SMILES string of the molecule is CCN1CCN(Cc2ccc(N(Cc3ccc(C(C)=O)cc3F)C(=O)N3CCS(=O)(=O)CC3)cc2)CC1. The van der Waals surface area contributed by atoms with Crippen LogP contribution < -0.4 is 4.90 Å². The predicted octanol–water partition coefficient (Wildman–Crippen LogP) is 3.02. The number of amides is 2. The Bertz CT molecular complexity index is 1210. The highest BCUT2D eigenvalue weighted by atomic mass is 32.2. The molecule has 0 saturated carbocycles. The minimum absolute atomic E-state index is 0.0373. The number of Topliss-reactive ketones (excluding diaryl/α,β-unsaturated/α-hetero) is 1. The molecular formula is C27H35FN4O4S. The third kappa shape index (κ3) is 6.94. The van der Waals surface area contributed by atoms with Gasteiger partial charge in [0.2, 0.25) is 0 Å². The maximum absolute atomic E-state index is 14.9. The second-order valence-corrected chi connectivity index (χ2v) is 12.1. The number of hydrogen-bond acceptors (Lipinski definition) is 6. The fraction of sp³-hybridized carbons (Fsp3) is 0.481. The molecule has 8 nitrogen and oxygen atoms in total. The van der Waals surface area contributed by atoms with E-state index in [0.717, 1.165) is 44.8 Å². The number of carbonyl (C=O) groups is 2. The number of nitrogens with zero attached hydrogens (tertiary/aromatic N) is 4. The van der Waals surface area contributed by atoms with Crippen LogP contribution in [0.1, 0.15) is 35.3 Å². The fourth-order valence-corrected chi connectivity index (χ4v) is 5.91. The van der Waals surface area contributed by atoms with Gasteiger partial charge in [0.25, 0.3) is 0 Å². The molecule has 200 valence electrons. The lowest BCUT2D eigenvalue weighted by molar-refractivity contribution is 0.101. The van der Waals surface area contributed by atoms with Gasteiger partial charge in [0.15, 0.2) is 15.6 Å². The third-order valence-electron chi connectivity index (χ3n) is 7.20. The highest BCUT2D eigenvalue weighted by molar-refractivity contribution is 7.91. The summed E-state index contributed by atoms with van der Waals surface area (Å²) in [6.07, 6.45) is 0. The third-order valence-corrected chi connectivity index (χ3v) is 8.81. The van der Waals surface area contributed by atoms with Crippen molar-refractivity contribution in [3.8, 4) is 0 Å². The Morgan fingerprint density at radius 2 is 1.54 bits per heavy atom. The molecule has 0 bridgehead atoms. The van der Waals surface area contributed by atoms with Crippen molar-refractivity contribution in [2.45, 2.75) is 26.9 Å². The molecule has 2 heterocycles. The zero-order valence-electron chi connectivity index (χ0n) is 21.5. The van der Waals surface area contributed by atoms with E-state index in [4.69, 9.17) is 0 Å². The summed E-state index contributed by atoms with van der Waals surface area (Å²) < 4.78 is 38.6. The predicted molar refractivity (Wildman–Crippen MR) is 142 cm³/mol. The molecule has 0 unspecified atom stereocenters. The molecule has 2 aliphatic rings. The van der Waals surface area contributed by atoms with E-state index in [1.54, 1.807) is 6.07 Å². The molecule has 0 spiro atoms. The molecule has 4 rings (SSSR count). The van der Waals surface area contributed by atoms with Crippen molar-refractivity contribution in [2.75, 3.05) is 62.2 Å². The molecule has 2 aliphatic heterocycles. The van der Waals surface area contributed by atoms with Crippen LogP contribution in [0.2, 0.25) is 0 Å². The Hall–Kier alpha value is -2.82. The van der Waals surface area contributed by atoms with Crippen LogP contribution in [0.4, 0.5) is 14.9 Å². The van der Waals surface area contributed by atoms with Gasteiger partial charge in [0, 0.05) is 62.6 Å². The lowest BCUT2D eigenvalue weighted by atomic mass is 10.1. The van der Waals surface area contributed by atoms with Gasteiger partial charge in [-0.05, 0) is 37.2 Å². The van der Waals surface area contributed by atoms with Gasteiger partial charge >= 0.3 is 6.03 Å². The van der Waals surface area contributed by atoms with Gasteiger partial charge in [0.05, 0.1) is 18.1 Å². The standard InChI is InChI=1S/C27H35FN4O4S/c1-3-29-10-12-30(13-11-29)19-22-4-8-25(9-5-22)32(27(34)31-14-16-37(35,36)17-15-31)20-24-7-6-23(21(2)33)18-26(24)28/h4-9,18H,3,10-17,19-20H2,1-2H3. The number of likely N-dealkylation sites (N-methyl/N-ethyl adjacent to an activating group) is 1. The molecule has 2 aromatic rings.